The van der Waals surface area contributed by atoms with Crippen molar-refractivity contribution in [2.24, 2.45) is 0 Å². The van der Waals surface area contributed by atoms with Gasteiger partial charge < -0.3 is 14.2 Å². The second-order valence-corrected chi connectivity index (χ2v) is 3.44. The number of hydrogen-bond donors (Lipinski definition) is 0. The maximum absolute atomic E-state index is 11.5. The van der Waals surface area contributed by atoms with Gasteiger partial charge in [0, 0.05) is 5.56 Å². The average Bonchev–Trinajstić information content (AvgIpc) is 2.38. The maximum atomic E-state index is 11.5. The fraction of sp³-hybridized carbons (Fsp3) is 0.308. The van der Waals surface area contributed by atoms with Crippen molar-refractivity contribution in [3.8, 4) is 11.5 Å². The predicted molar refractivity (Wildman–Crippen MR) is 64.3 cm³/mol. The molecule has 97 valence electrons. The van der Waals surface area contributed by atoms with E-state index < -0.39 is 11.9 Å². The number of esters is 2. The van der Waals surface area contributed by atoms with E-state index in [1.54, 1.807) is 18.2 Å². The molecule has 1 radical (unpaired) electrons. The van der Waals surface area contributed by atoms with Crippen LogP contribution in [0.4, 0.5) is 0 Å². The third kappa shape index (κ3) is 3.76. The van der Waals surface area contributed by atoms with Crippen molar-refractivity contribution < 1.29 is 23.8 Å². The van der Waals surface area contributed by atoms with E-state index in [1.807, 2.05) is 0 Å². The molecule has 0 aromatic heterocycles. The Morgan fingerprint density at radius 3 is 2.50 bits per heavy atom. The van der Waals surface area contributed by atoms with Crippen molar-refractivity contribution in [1.82, 2.24) is 0 Å². The number of rotatable bonds is 5. The minimum absolute atomic E-state index is 0.0556. The molecule has 0 spiro atoms. The summed E-state index contributed by atoms with van der Waals surface area (Å²) in [5, 5.41) is 0. The molecule has 0 unspecified atom stereocenters. The molecule has 1 aromatic rings. The smallest absolute Gasteiger partial charge is 0.318 e. The lowest BCUT2D eigenvalue weighted by molar-refractivity contribution is -0.156. The molecule has 0 saturated heterocycles. The minimum Gasteiger partial charge on any atom is -0.497 e. The number of carbonyl (C=O) groups is 2. The number of methoxy groups -OCH3 is 2. The standard InChI is InChI=1S/C13H15O5/c1-4-12(14)18-13(15)8-9-7-10(16-2)5-6-11(9)17-3/h4-7H,8H2,1-3H3. The Hall–Kier alpha value is -2.04. The molecule has 1 rings (SSSR count). The molecule has 18 heavy (non-hydrogen) atoms. The summed E-state index contributed by atoms with van der Waals surface area (Å²) < 4.78 is 14.7. The molecule has 0 fully saturated rings. The van der Waals surface area contributed by atoms with E-state index in [-0.39, 0.29) is 6.42 Å². The van der Waals surface area contributed by atoms with E-state index in [4.69, 9.17) is 9.47 Å². The van der Waals surface area contributed by atoms with Gasteiger partial charge in [0.15, 0.2) is 0 Å². The van der Waals surface area contributed by atoms with Crippen LogP contribution in [0.15, 0.2) is 18.2 Å². The van der Waals surface area contributed by atoms with E-state index in [0.717, 1.165) is 0 Å². The zero-order valence-corrected chi connectivity index (χ0v) is 10.6. The summed E-state index contributed by atoms with van der Waals surface area (Å²) in [5.74, 6) is -0.154. The number of benzene rings is 1. The SMILES string of the molecule is C[CH]C(=O)OC(=O)Cc1cc(OC)ccc1OC. The highest BCUT2D eigenvalue weighted by atomic mass is 16.6. The fourth-order valence-corrected chi connectivity index (χ4v) is 1.38. The second kappa shape index (κ2) is 6.64. The highest BCUT2D eigenvalue weighted by Gasteiger charge is 2.13. The third-order valence-corrected chi connectivity index (χ3v) is 2.27. The molecule has 0 bridgehead atoms. The van der Waals surface area contributed by atoms with Gasteiger partial charge in [0.2, 0.25) is 0 Å². The molecule has 1 aromatic carbocycles. The average molecular weight is 251 g/mol. The zero-order chi connectivity index (χ0) is 13.5. The van der Waals surface area contributed by atoms with Crippen LogP contribution >= 0.6 is 0 Å². The summed E-state index contributed by atoms with van der Waals surface area (Å²) in [5.41, 5.74) is 0.603. The van der Waals surface area contributed by atoms with Gasteiger partial charge in [0.05, 0.1) is 27.1 Å². The van der Waals surface area contributed by atoms with Crippen molar-refractivity contribution in [3.05, 3.63) is 30.2 Å². The van der Waals surface area contributed by atoms with Crippen molar-refractivity contribution in [1.29, 1.82) is 0 Å². The van der Waals surface area contributed by atoms with Crippen molar-refractivity contribution in [3.63, 3.8) is 0 Å². The first-order valence-corrected chi connectivity index (χ1v) is 5.35. The Labute approximate surface area is 106 Å². The second-order valence-electron chi connectivity index (χ2n) is 3.44. The number of hydrogen-bond acceptors (Lipinski definition) is 5. The first-order chi connectivity index (χ1) is 8.60. The van der Waals surface area contributed by atoms with Crippen molar-refractivity contribution in [2.75, 3.05) is 14.2 Å². The molecule has 5 heteroatoms. The summed E-state index contributed by atoms with van der Waals surface area (Å²) in [7, 11) is 3.03. The van der Waals surface area contributed by atoms with Crippen LogP contribution in [0.25, 0.3) is 0 Å². The predicted octanol–water partition coefficient (Wildman–Crippen LogP) is 1.54. The van der Waals surface area contributed by atoms with Gasteiger partial charge in [-0.2, -0.15) is 0 Å². The van der Waals surface area contributed by atoms with E-state index in [1.165, 1.54) is 27.6 Å². The van der Waals surface area contributed by atoms with Gasteiger partial charge in [-0.25, -0.2) is 0 Å². The number of ether oxygens (including phenoxy) is 3. The quantitative estimate of drug-likeness (QED) is 0.586. The Balaban J connectivity index is 2.81. The van der Waals surface area contributed by atoms with Gasteiger partial charge in [0.1, 0.15) is 11.5 Å². The van der Waals surface area contributed by atoms with Gasteiger partial charge in [-0.15, -0.1) is 0 Å². The molecular weight excluding hydrogens is 236 g/mol. The van der Waals surface area contributed by atoms with Crippen molar-refractivity contribution in [2.45, 2.75) is 13.3 Å². The molecule has 0 aliphatic rings. The van der Waals surface area contributed by atoms with E-state index in [2.05, 4.69) is 4.74 Å². The van der Waals surface area contributed by atoms with E-state index in [9.17, 15) is 9.59 Å². The summed E-state index contributed by atoms with van der Waals surface area (Å²) >= 11 is 0. The van der Waals surface area contributed by atoms with E-state index >= 15 is 0 Å². The molecule has 0 saturated carbocycles. The largest absolute Gasteiger partial charge is 0.497 e. The van der Waals surface area contributed by atoms with Gasteiger partial charge in [-0.3, -0.25) is 9.59 Å². The van der Waals surface area contributed by atoms with E-state index in [0.29, 0.717) is 17.1 Å². The molecule has 5 nitrogen and oxygen atoms in total. The summed E-state index contributed by atoms with van der Waals surface area (Å²) in [6.07, 6.45) is 1.13. The van der Waals surface area contributed by atoms with Crippen molar-refractivity contribution >= 4 is 11.9 Å². The van der Waals surface area contributed by atoms with Gasteiger partial charge in [-0.05, 0) is 18.2 Å². The fourth-order valence-electron chi connectivity index (χ4n) is 1.38. The van der Waals surface area contributed by atoms with Gasteiger partial charge in [0.25, 0.3) is 0 Å². The Morgan fingerprint density at radius 2 is 1.94 bits per heavy atom. The lowest BCUT2D eigenvalue weighted by Crippen LogP contribution is -2.14. The Morgan fingerprint density at radius 1 is 1.22 bits per heavy atom. The van der Waals surface area contributed by atoms with Crippen LogP contribution in [0, 0.1) is 6.42 Å². The molecule has 0 atom stereocenters. The lowest BCUT2D eigenvalue weighted by atomic mass is 10.1. The van der Waals surface area contributed by atoms with Crippen LogP contribution in [-0.2, 0) is 20.7 Å². The lowest BCUT2D eigenvalue weighted by Gasteiger charge is -2.09. The molecule has 0 aliphatic heterocycles. The number of carbonyl (C=O) groups excluding carboxylic acids is 2. The highest BCUT2D eigenvalue weighted by molar-refractivity contribution is 5.90. The summed E-state index contributed by atoms with van der Waals surface area (Å²) in [4.78, 5) is 22.4. The van der Waals surface area contributed by atoms with Crippen LogP contribution < -0.4 is 9.47 Å². The monoisotopic (exact) mass is 251 g/mol. The zero-order valence-electron chi connectivity index (χ0n) is 10.6. The normalized spacial score (nSPS) is 9.72. The molecule has 0 aliphatic carbocycles. The maximum Gasteiger partial charge on any atom is 0.318 e. The first kappa shape index (κ1) is 14.0. The highest BCUT2D eigenvalue weighted by Crippen LogP contribution is 2.24. The minimum atomic E-state index is -0.665. The van der Waals surface area contributed by atoms with Gasteiger partial charge >= 0.3 is 11.9 Å². The van der Waals surface area contributed by atoms with Crippen LogP contribution in [0.1, 0.15) is 12.5 Å². The topological polar surface area (TPSA) is 61.8 Å². The Kier molecular flexibility index (Phi) is 5.17. The molecule has 0 heterocycles. The Bertz CT molecular complexity index is 439. The van der Waals surface area contributed by atoms with Crippen LogP contribution in [0.3, 0.4) is 0 Å². The molecule has 0 amide bonds. The van der Waals surface area contributed by atoms with Crippen LogP contribution in [0.5, 0.6) is 11.5 Å². The van der Waals surface area contributed by atoms with Crippen LogP contribution in [0.2, 0.25) is 0 Å². The van der Waals surface area contributed by atoms with Crippen LogP contribution in [-0.4, -0.2) is 26.2 Å². The first-order valence-electron chi connectivity index (χ1n) is 5.35. The summed E-state index contributed by atoms with van der Waals surface area (Å²) in [6, 6.07) is 5.08. The molecular formula is C13H15O5. The molecule has 0 N–H and O–H groups in total. The van der Waals surface area contributed by atoms with Gasteiger partial charge in [-0.1, -0.05) is 6.92 Å². The summed E-state index contributed by atoms with van der Waals surface area (Å²) in [6.45, 7) is 1.50. The third-order valence-electron chi connectivity index (χ3n) is 2.27.